The Labute approximate surface area is 163 Å². The van der Waals surface area contributed by atoms with Crippen LogP contribution in [0.3, 0.4) is 0 Å². The molecule has 10 heteroatoms. The van der Waals surface area contributed by atoms with E-state index in [2.05, 4.69) is 20.1 Å². The van der Waals surface area contributed by atoms with Gasteiger partial charge in [-0.05, 0) is 36.6 Å². The van der Waals surface area contributed by atoms with Crippen LogP contribution in [0.1, 0.15) is 18.7 Å². The second-order valence-corrected chi connectivity index (χ2v) is 6.72. The van der Waals surface area contributed by atoms with Crippen molar-refractivity contribution in [3.63, 3.8) is 0 Å². The maximum atomic E-state index is 12.5. The maximum Gasteiger partial charge on any atom is 0.332 e. The van der Waals surface area contributed by atoms with Crippen LogP contribution in [-0.4, -0.2) is 29.2 Å². The van der Waals surface area contributed by atoms with E-state index in [1.807, 2.05) is 30.3 Å². The highest BCUT2D eigenvalue weighted by atomic mass is 35.5. The van der Waals surface area contributed by atoms with E-state index in [9.17, 15) is 9.59 Å². The molecule has 0 aliphatic rings. The molecule has 4 aromatic rings. The van der Waals surface area contributed by atoms with E-state index in [4.69, 9.17) is 16.1 Å². The van der Waals surface area contributed by atoms with Crippen LogP contribution in [0, 0.1) is 0 Å². The molecule has 3 heterocycles. The van der Waals surface area contributed by atoms with Gasteiger partial charge in [-0.3, -0.25) is 13.9 Å². The number of nitrogens with zero attached hydrogens (tertiary/aromatic N) is 5. The first-order valence-electron chi connectivity index (χ1n) is 8.77. The van der Waals surface area contributed by atoms with Crippen molar-refractivity contribution < 1.29 is 4.52 Å². The van der Waals surface area contributed by atoms with Gasteiger partial charge in [-0.2, -0.15) is 9.97 Å². The Hall–Kier alpha value is -3.20. The molecule has 0 aliphatic carbocycles. The van der Waals surface area contributed by atoms with Crippen molar-refractivity contribution in [1.29, 1.82) is 0 Å². The van der Waals surface area contributed by atoms with Crippen LogP contribution < -0.4 is 11.2 Å². The second-order valence-electron chi connectivity index (χ2n) is 6.36. The fourth-order valence-corrected chi connectivity index (χ4v) is 3.20. The minimum atomic E-state index is -0.427. The van der Waals surface area contributed by atoms with E-state index in [1.165, 1.54) is 9.13 Å². The van der Waals surface area contributed by atoms with Crippen molar-refractivity contribution in [3.8, 4) is 11.5 Å². The minimum Gasteiger partial charge on any atom is -0.334 e. The molecule has 28 heavy (non-hydrogen) atoms. The first-order valence-corrected chi connectivity index (χ1v) is 9.15. The number of fused-ring (bicyclic) bond motifs is 1. The highest BCUT2D eigenvalue weighted by Crippen LogP contribution is 2.16. The Kier molecular flexibility index (Phi) is 4.82. The summed E-state index contributed by atoms with van der Waals surface area (Å²) in [6.45, 7) is 0.279. The van der Waals surface area contributed by atoms with E-state index in [0.29, 0.717) is 31.0 Å². The number of nitrogens with one attached hydrogen (secondary N) is 1. The van der Waals surface area contributed by atoms with Crippen molar-refractivity contribution in [2.75, 3.05) is 0 Å². The van der Waals surface area contributed by atoms with E-state index >= 15 is 0 Å². The average molecular weight is 401 g/mol. The SMILES string of the molecule is Cn1c(=O)n(CCCCc2noc(-c3ccccc3)n2)c(=O)c2[nH]c(Cl)nc21. The molecule has 3 aromatic heterocycles. The van der Waals surface area contributed by atoms with E-state index in [-0.39, 0.29) is 23.0 Å². The van der Waals surface area contributed by atoms with Gasteiger partial charge in [-0.25, -0.2) is 4.79 Å². The average Bonchev–Trinajstić information content (AvgIpc) is 3.33. The maximum absolute atomic E-state index is 12.5. The van der Waals surface area contributed by atoms with Gasteiger partial charge in [0, 0.05) is 25.6 Å². The van der Waals surface area contributed by atoms with Gasteiger partial charge in [0.2, 0.25) is 5.28 Å². The lowest BCUT2D eigenvalue weighted by Gasteiger charge is -2.07. The number of H-pyrrole nitrogens is 1. The Balaban J connectivity index is 1.43. The first kappa shape index (κ1) is 18.2. The number of hydrogen-bond acceptors (Lipinski definition) is 6. The van der Waals surface area contributed by atoms with Gasteiger partial charge in [0.15, 0.2) is 17.0 Å². The second kappa shape index (κ2) is 7.43. The Morgan fingerprint density at radius 3 is 2.71 bits per heavy atom. The molecular weight excluding hydrogens is 384 g/mol. The molecule has 0 bridgehead atoms. The standard InChI is InChI=1S/C18H17ClN6O3/c1-24-14-13(21-17(19)22-14)16(26)25(18(24)27)10-6-5-9-12-20-15(28-23-12)11-7-3-2-4-8-11/h2-4,7-8H,5-6,9-10H2,1H3,(H,21,22). The Morgan fingerprint density at radius 2 is 1.93 bits per heavy atom. The monoisotopic (exact) mass is 400 g/mol. The lowest BCUT2D eigenvalue weighted by atomic mass is 10.2. The number of benzene rings is 1. The highest BCUT2D eigenvalue weighted by molar-refractivity contribution is 6.28. The molecule has 1 aromatic carbocycles. The van der Waals surface area contributed by atoms with Gasteiger partial charge in [0.25, 0.3) is 11.4 Å². The van der Waals surface area contributed by atoms with Gasteiger partial charge in [0.05, 0.1) is 0 Å². The molecule has 0 spiro atoms. The smallest absolute Gasteiger partial charge is 0.332 e. The minimum absolute atomic E-state index is 0.0752. The predicted octanol–water partition coefficient (Wildman–Crippen LogP) is 2.15. The molecule has 0 unspecified atom stereocenters. The van der Waals surface area contributed by atoms with Crippen LogP contribution in [0.2, 0.25) is 5.28 Å². The zero-order chi connectivity index (χ0) is 19.7. The normalized spacial score (nSPS) is 11.4. The Morgan fingerprint density at radius 1 is 1.14 bits per heavy atom. The van der Waals surface area contributed by atoms with Gasteiger partial charge < -0.3 is 9.51 Å². The first-order chi connectivity index (χ1) is 13.5. The summed E-state index contributed by atoms with van der Waals surface area (Å²) in [6.07, 6.45) is 1.90. The quantitative estimate of drug-likeness (QED) is 0.392. The number of aryl methyl sites for hydroxylation is 2. The van der Waals surface area contributed by atoms with Crippen molar-refractivity contribution in [2.45, 2.75) is 25.8 Å². The number of imidazole rings is 1. The molecule has 0 amide bonds. The molecule has 0 radical (unpaired) electrons. The number of aromatic amines is 1. The molecule has 1 N–H and O–H groups in total. The number of hydrogen-bond donors (Lipinski definition) is 1. The van der Waals surface area contributed by atoms with Gasteiger partial charge in [0.1, 0.15) is 0 Å². The third kappa shape index (κ3) is 3.36. The third-order valence-corrected chi connectivity index (χ3v) is 4.65. The fraction of sp³-hybridized carbons (Fsp3) is 0.278. The van der Waals surface area contributed by atoms with Crippen LogP contribution in [0.5, 0.6) is 0 Å². The van der Waals surface area contributed by atoms with Crippen LogP contribution in [0.15, 0.2) is 44.4 Å². The molecule has 144 valence electrons. The zero-order valence-corrected chi connectivity index (χ0v) is 15.8. The van der Waals surface area contributed by atoms with Gasteiger partial charge >= 0.3 is 5.69 Å². The summed E-state index contributed by atoms with van der Waals surface area (Å²) in [5, 5.41) is 4.06. The van der Waals surface area contributed by atoms with E-state index in [0.717, 1.165) is 5.56 Å². The van der Waals surface area contributed by atoms with Crippen molar-refractivity contribution in [3.05, 3.63) is 62.3 Å². The fourth-order valence-electron chi connectivity index (χ4n) is 3.02. The molecule has 9 nitrogen and oxygen atoms in total. The summed E-state index contributed by atoms with van der Waals surface area (Å²) in [6, 6.07) is 9.53. The third-order valence-electron chi connectivity index (χ3n) is 4.47. The Bertz CT molecular complexity index is 1240. The lowest BCUT2D eigenvalue weighted by molar-refractivity contribution is 0.420. The van der Waals surface area contributed by atoms with E-state index in [1.54, 1.807) is 7.05 Å². The van der Waals surface area contributed by atoms with Crippen LogP contribution in [-0.2, 0) is 20.0 Å². The van der Waals surface area contributed by atoms with Crippen LogP contribution >= 0.6 is 11.6 Å². The van der Waals surface area contributed by atoms with Crippen molar-refractivity contribution in [2.24, 2.45) is 7.05 Å². The molecule has 0 saturated heterocycles. The highest BCUT2D eigenvalue weighted by Gasteiger charge is 2.15. The topological polar surface area (TPSA) is 112 Å². The van der Waals surface area contributed by atoms with E-state index < -0.39 is 11.2 Å². The summed E-state index contributed by atoms with van der Waals surface area (Å²) in [5.41, 5.74) is 0.479. The van der Waals surface area contributed by atoms with Crippen LogP contribution in [0.4, 0.5) is 0 Å². The number of aromatic nitrogens is 6. The molecule has 0 atom stereocenters. The molecule has 0 aliphatic heterocycles. The molecular formula is C18H17ClN6O3. The lowest BCUT2D eigenvalue weighted by Crippen LogP contribution is -2.39. The molecule has 0 fully saturated rings. The van der Waals surface area contributed by atoms with Crippen molar-refractivity contribution >= 4 is 22.8 Å². The van der Waals surface area contributed by atoms with Gasteiger partial charge in [-0.1, -0.05) is 23.4 Å². The van der Waals surface area contributed by atoms with Crippen molar-refractivity contribution in [1.82, 2.24) is 29.2 Å². The summed E-state index contributed by atoms with van der Waals surface area (Å²) < 4.78 is 7.77. The predicted molar refractivity (Wildman–Crippen MR) is 103 cm³/mol. The number of rotatable bonds is 6. The summed E-state index contributed by atoms with van der Waals surface area (Å²) >= 11 is 5.82. The summed E-state index contributed by atoms with van der Waals surface area (Å²) in [4.78, 5) is 36.0. The zero-order valence-electron chi connectivity index (χ0n) is 15.1. The number of unbranched alkanes of at least 4 members (excludes halogenated alkanes) is 1. The molecule has 0 saturated carbocycles. The largest absolute Gasteiger partial charge is 0.334 e. The number of halogens is 1. The van der Waals surface area contributed by atoms with Crippen LogP contribution in [0.25, 0.3) is 22.6 Å². The van der Waals surface area contributed by atoms with Gasteiger partial charge in [-0.15, -0.1) is 0 Å². The molecule has 4 rings (SSSR count). The summed E-state index contributed by atoms with van der Waals surface area (Å²) in [5.74, 6) is 1.07. The summed E-state index contributed by atoms with van der Waals surface area (Å²) in [7, 11) is 1.56.